The molecule has 0 unspecified atom stereocenters. The van der Waals surface area contributed by atoms with Gasteiger partial charge in [0.2, 0.25) is 0 Å². The maximum Gasteiger partial charge on any atom is 0.344 e. The lowest BCUT2D eigenvalue weighted by Gasteiger charge is -2.09. The smallest absolute Gasteiger partial charge is 0.344 e. The molecule has 3 aromatic rings. The quantitative estimate of drug-likeness (QED) is 0.250. The van der Waals surface area contributed by atoms with Crippen LogP contribution in [0.25, 0.3) is 0 Å². The Hall–Kier alpha value is -3.35. The molecule has 0 aliphatic rings. The molecule has 0 fully saturated rings. The third-order valence-electron chi connectivity index (χ3n) is 4.28. The fraction of sp³-hybridized carbons (Fsp3) is 0.125. The SMILES string of the molecule is Cc1ccc(C(=O)Oc2ccc(C(=O)COC(=O)COc3ccc(Cl)cc3Cl)cc2)cc1. The average Bonchev–Trinajstić information content (AvgIpc) is 2.77. The third-order valence-corrected chi connectivity index (χ3v) is 4.81. The first-order valence-electron chi connectivity index (χ1n) is 9.47. The highest BCUT2D eigenvalue weighted by Gasteiger charge is 2.13. The van der Waals surface area contributed by atoms with Gasteiger partial charge in [0, 0.05) is 10.6 Å². The molecule has 3 rings (SSSR count). The minimum atomic E-state index is -0.729. The molecule has 0 amide bonds. The van der Waals surface area contributed by atoms with E-state index in [0.717, 1.165) is 5.56 Å². The standard InChI is InChI=1S/C24H18Cl2O6/c1-15-2-4-17(5-3-15)24(29)32-19-9-6-16(7-10-19)21(27)13-31-23(28)14-30-22-11-8-18(25)12-20(22)26/h2-12H,13-14H2,1H3. The molecule has 32 heavy (non-hydrogen) atoms. The number of hydrogen-bond donors (Lipinski definition) is 0. The Labute approximate surface area is 194 Å². The van der Waals surface area contributed by atoms with Crippen LogP contribution in [-0.4, -0.2) is 30.9 Å². The highest BCUT2D eigenvalue weighted by atomic mass is 35.5. The van der Waals surface area contributed by atoms with Crippen LogP contribution in [0.15, 0.2) is 66.7 Å². The molecule has 0 heterocycles. The monoisotopic (exact) mass is 472 g/mol. The van der Waals surface area contributed by atoms with Gasteiger partial charge in [0.15, 0.2) is 19.0 Å². The number of ether oxygens (including phenoxy) is 3. The van der Waals surface area contributed by atoms with Gasteiger partial charge in [-0.25, -0.2) is 9.59 Å². The summed E-state index contributed by atoms with van der Waals surface area (Å²) in [4.78, 5) is 36.2. The van der Waals surface area contributed by atoms with Crippen molar-refractivity contribution in [1.82, 2.24) is 0 Å². The molecule has 0 aliphatic heterocycles. The van der Waals surface area contributed by atoms with E-state index in [0.29, 0.717) is 16.1 Å². The number of aryl methyl sites for hydroxylation is 1. The van der Waals surface area contributed by atoms with E-state index in [2.05, 4.69) is 0 Å². The summed E-state index contributed by atoms with van der Waals surface area (Å²) in [6.07, 6.45) is 0. The van der Waals surface area contributed by atoms with Gasteiger partial charge in [-0.2, -0.15) is 0 Å². The zero-order valence-electron chi connectivity index (χ0n) is 17.0. The maximum absolute atomic E-state index is 12.2. The molecule has 0 bridgehead atoms. The molecule has 3 aromatic carbocycles. The summed E-state index contributed by atoms with van der Waals surface area (Å²) in [5.74, 6) is -1.08. The van der Waals surface area contributed by atoms with Crippen LogP contribution >= 0.6 is 23.2 Å². The lowest BCUT2D eigenvalue weighted by Crippen LogP contribution is -2.19. The maximum atomic E-state index is 12.2. The van der Waals surface area contributed by atoms with Gasteiger partial charge in [-0.15, -0.1) is 0 Å². The summed E-state index contributed by atoms with van der Waals surface area (Å²) in [6, 6.07) is 17.5. The Morgan fingerprint density at radius 1 is 0.812 bits per heavy atom. The second-order valence-electron chi connectivity index (χ2n) is 6.73. The molecule has 0 N–H and O–H groups in total. The van der Waals surface area contributed by atoms with Crippen molar-refractivity contribution in [2.45, 2.75) is 6.92 Å². The Morgan fingerprint density at radius 2 is 1.47 bits per heavy atom. The lowest BCUT2D eigenvalue weighted by molar-refractivity contribution is -0.144. The van der Waals surface area contributed by atoms with Crippen molar-refractivity contribution in [3.63, 3.8) is 0 Å². The van der Waals surface area contributed by atoms with Crippen LogP contribution in [0, 0.1) is 6.92 Å². The van der Waals surface area contributed by atoms with E-state index in [4.69, 9.17) is 37.4 Å². The number of carbonyl (C=O) groups excluding carboxylic acids is 3. The fourth-order valence-corrected chi connectivity index (χ4v) is 3.03. The topological polar surface area (TPSA) is 78.9 Å². The van der Waals surface area contributed by atoms with E-state index in [1.807, 2.05) is 19.1 Å². The van der Waals surface area contributed by atoms with Crippen LogP contribution < -0.4 is 9.47 Å². The van der Waals surface area contributed by atoms with Gasteiger partial charge in [0.05, 0.1) is 10.6 Å². The minimum Gasteiger partial charge on any atom is -0.480 e. The first-order valence-corrected chi connectivity index (χ1v) is 10.2. The van der Waals surface area contributed by atoms with Crippen molar-refractivity contribution in [2.24, 2.45) is 0 Å². The second kappa shape index (κ2) is 10.8. The molecule has 0 spiro atoms. The van der Waals surface area contributed by atoms with E-state index >= 15 is 0 Å². The average molecular weight is 473 g/mol. The summed E-state index contributed by atoms with van der Waals surface area (Å²) in [6.45, 7) is 1.05. The Kier molecular flexibility index (Phi) is 7.87. The summed E-state index contributed by atoms with van der Waals surface area (Å²) in [7, 11) is 0. The van der Waals surface area contributed by atoms with Crippen molar-refractivity contribution < 1.29 is 28.6 Å². The Morgan fingerprint density at radius 3 is 2.12 bits per heavy atom. The zero-order valence-corrected chi connectivity index (χ0v) is 18.5. The molecule has 0 radical (unpaired) electrons. The van der Waals surface area contributed by atoms with Crippen molar-refractivity contribution in [2.75, 3.05) is 13.2 Å². The van der Waals surface area contributed by atoms with Crippen molar-refractivity contribution in [3.8, 4) is 11.5 Å². The molecule has 6 nitrogen and oxygen atoms in total. The summed E-state index contributed by atoms with van der Waals surface area (Å²) < 4.78 is 15.5. The van der Waals surface area contributed by atoms with E-state index in [1.165, 1.54) is 36.4 Å². The second-order valence-corrected chi connectivity index (χ2v) is 7.57. The number of esters is 2. The summed E-state index contributed by atoms with van der Waals surface area (Å²) >= 11 is 11.8. The molecule has 0 aromatic heterocycles. The number of Topliss-reactive ketones (excluding diaryl/α,β-unsaturated/α-hetero) is 1. The first-order chi connectivity index (χ1) is 15.3. The number of ketones is 1. The van der Waals surface area contributed by atoms with Crippen molar-refractivity contribution >= 4 is 40.9 Å². The Bertz CT molecular complexity index is 1120. The summed E-state index contributed by atoms with van der Waals surface area (Å²) in [5, 5.41) is 0.691. The van der Waals surface area contributed by atoms with Gasteiger partial charge in [-0.1, -0.05) is 40.9 Å². The van der Waals surface area contributed by atoms with Gasteiger partial charge >= 0.3 is 11.9 Å². The lowest BCUT2D eigenvalue weighted by atomic mass is 10.1. The highest BCUT2D eigenvalue weighted by molar-refractivity contribution is 6.35. The van der Waals surface area contributed by atoms with Crippen LogP contribution in [0.4, 0.5) is 0 Å². The van der Waals surface area contributed by atoms with Crippen LogP contribution in [0.2, 0.25) is 10.0 Å². The van der Waals surface area contributed by atoms with Crippen molar-refractivity contribution in [1.29, 1.82) is 0 Å². The zero-order chi connectivity index (χ0) is 23.1. The molecule has 8 heteroatoms. The van der Waals surface area contributed by atoms with Gasteiger partial charge in [0.1, 0.15) is 11.5 Å². The Balaban J connectivity index is 1.47. The van der Waals surface area contributed by atoms with Crippen LogP contribution in [0.1, 0.15) is 26.3 Å². The van der Waals surface area contributed by atoms with Gasteiger partial charge < -0.3 is 14.2 Å². The predicted octanol–water partition coefficient (Wildman–Crippen LogP) is 5.33. The summed E-state index contributed by atoms with van der Waals surface area (Å²) in [5.41, 5.74) is 1.75. The van der Waals surface area contributed by atoms with Crippen LogP contribution in [0.3, 0.4) is 0 Å². The van der Waals surface area contributed by atoms with Gasteiger partial charge in [0.25, 0.3) is 0 Å². The molecular weight excluding hydrogens is 455 g/mol. The molecule has 0 aliphatic carbocycles. The highest BCUT2D eigenvalue weighted by Crippen LogP contribution is 2.27. The number of hydrogen-bond acceptors (Lipinski definition) is 6. The van der Waals surface area contributed by atoms with E-state index in [9.17, 15) is 14.4 Å². The normalized spacial score (nSPS) is 10.3. The number of rotatable bonds is 8. The van der Waals surface area contributed by atoms with Gasteiger partial charge in [-0.05, 0) is 61.5 Å². The molecular formula is C24H18Cl2O6. The molecule has 0 saturated heterocycles. The van der Waals surface area contributed by atoms with E-state index in [-0.39, 0.29) is 16.5 Å². The number of halogens is 2. The van der Waals surface area contributed by atoms with E-state index < -0.39 is 30.9 Å². The third kappa shape index (κ3) is 6.57. The molecule has 0 atom stereocenters. The van der Waals surface area contributed by atoms with Crippen LogP contribution in [-0.2, 0) is 9.53 Å². The minimum absolute atomic E-state index is 0.254. The largest absolute Gasteiger partial charge is 0.480 e. The fourth-order valence-electron chi connectivity index (χ4n) is 2.56. The first kappa shape index (κ1) is 23.3. The van der Waals surface area contributed by atoms with Crippen molar-refractivity contribution in [3.05, 3.63) is 93.5 Å². The van der Waals surface area contributed by atoms with Gasteiger partial charge in [-0.3, -0.25) is 4.79 Å². The van der Waals surface area contributed by atoms with E-state index in [1.54, 1.807) is 18.2 Å². The van der Waals surface area contributed by atoms with Crippen LogP contribution in [0.5, 0.6) is 11.5 Å². The molecule has 0 saturated carbocycles. The number of benzene rings is 3. The predicted molar refractivity (Wildman–Crippen MR) is 120 cm³/mol. The number of carbonyl (C=O) groups is 3. The molecule has 164 valence electrons.